The fourth-order valence-electron chi connectivity index (χ4n) is 4.77. The maximum atomic E-state index is 5.62. The average Bonchev–Trinajstić information content (AvgIpc) is 3.61. The number of anilines is 1. The van der Waals surface area contributed by atoms with Crippen LogP contribution in [0.1, 0.15) is 49.9 Å². The van der Waals surface area contributed by atoms with Gasteiger partial charge in [-0.1, -0.05) is 25.1 Å². The van der Waals surface area contributed by atoms with Gasteiger partial charge in [0.25, 0.3) is 0 Å². The molecule has 32 heavy (non-hydrogen) atoms. The van der Waals surface area contributed by atoms with Crippen LogP contribution < -0.4 is 19.1 Å². The molecule has 0 unspecified atom stereocenters. The van der Waals surface area contributed by atoms with Gasteiger partial charge in [0, 0.05) is 30.0 Å². The lowest BCUT2D eigenvalue weighted by Crippen LogP contribution is -2.34. The Bertz CT molecular complexity index is 1130. The zero-order valence-corrected chi connectivity index (χ0v) is 19.4. The summed E-state index contributed by atoms with van der Waals surface area (Å²) in [4.78, 5) is 12.5. The third-order valence-corrected chi connectivity index (χ3v) is 7.09. The molecule has 2 fully saturated rings. The number of piperidine rings is 1. The maximum Gasteiger partial charge on any atom is 0.162 e. The minimum atomic E-state index is 0.0891. The van der Waals surface area contributed by atoms with Gasteiger partial charge >= 0.3 is 0 Å². The van der Waals surface area contributed by atoms with Crippen LogP contribution in [0.15, 0.2) is 36.4 Å². The molecule has 2 heterocycles. The predicted molar refractivity (Wildman–Crippen MR) is 126 cm³/mol. The summed E-state index contributed by atoms with van der Waals surface area (Å²) in [6, 6.07) is 12.4. The highest BCUT2D eigenvalue weighted by Crippen LogP contribution is 2.48. The van der Waals surface area contributed by atoms with Crippen molar-refractivity contribution in [2.75, 3.05) is 39.3 Å². The van der Waals surface area contributed by atoms with E-state index in [-0.39, 0.29) is 5.41 Å². The van der Waals surface area contributed by atoms with Gasteiger partial charge < -0.3 is 19.1 Å². The Labute approximate surface area is 189 Å². The smallest absolute Gasteiger partial charge is 0.162 e. The fourth-order valence-corrected chi connectivity index (χ4v) is 4.77. The van der Waals surface area contributed by atoms with E-state index in [1.165, 1.54) is 5.56 Å². The van der Waals surface area contributed by atoms with E-state index < -0.39 is 0 Å². The van der Waals surface area contributed by atoms with E-state index in [1.54, 1.807) is 21.3 Å². The normalized spacial score (nSPS) is 17.9. The highest BCUT2D eigenvalue weighted by Gasteiger charge is 2.43. The molecule has 3 aromatic rings. The lowest BCUT2D eigenvalue weighted by Gasteiger charge is -2.34. The van der Waals surface area contributed by atoms with E-state index in [9.17, 15) is 0 Å². The molecule has 0 N–H and O–H groups in total. The van der Waals surface area contributed by atoms with Gasteiger partial charge in [0.1, 0.15) is 17.4 Å². The van der Waals surface area contributed by atoms with Crippen molar-refractivity contribution in [1.82, 2.24) is 9.97 Å². The molecule has 168 valence electrons. The Morgan fingerprint density at radius 1 is 0.875 bits per heavy atom. The van der Waals surface area contributed by atoms with Crippen molar-refractivity contribution < 1.29 is 14.2 Å². The highest BCUT2D eigenvalue weighted by atomic mass is 16.5. The summed E-state index contributed by atoms with van der Waals surface area (Å²) in [5, 5.41) is 1.02. The zero-order chi connectivity index (χ0) is 22.3. The molecule has 5 rings (SSSR count). The van der Waals surface area contributed by atoms with Crippen molar-refractivity contribution in [3.8, 4) is 17.2 Å². The lowest BCUT2D eigenvalue weighted by atomic mass is 9.88. The SMILES string of the molecule is COc1cc2nc(C3(C)CC3)nc(N3CCC(c4ccccc4OC)CC3)c2cc1OC. The molecular formula is C26H31N3O3. The summed E-state index contributed by atoms with van der Waals surface area (Å²) in [7, 11) is 5.09. The highest BCUT2D eigenvalue weighted by molar-refractivity contribution is 5.92. The maximum absolute atomic E-state index is 5.62. The molecule has 0 bridgehead atoms. The second-order valence-electron chi connectivity index (χ2n) is 9.16. The zero-order valence-electron chi connectivity index (χ0n) is 19.4. The number of nitrogens with zero attached hydrogens (tertiary/aromatic N) is 3. The van der Waals surface area contributed by atoms with E-state index >= 15 is 0 Å². The van der Waals surface area contributed by atoms with Crippen LogP contribution in [0.2, 0.25) is 0 Å². The first kappa shape index (κ1) is 20.9. The second-order valence-corrected chi connectivity index (χ2v) is 9.16. The molecule has 0 radical (unpaired) electrons. The van der Waals surface area contributed by atoms with Gasteiger partial charge in [-0.25, -0.2) is 9.97 Å². The van der Waals surface area contributed by atoms with Crippen LogP contribution in [-0.4, -0.2) is 44.4 Å². The van der Waals surface area contributed by atoms with Crippen molar-refractivity contribution in [2.45, 2.75) is 43.9 Å². The minimum Gasteiger partial charge on any atom is -0.496 e. The summed E-state index contributed by atoms with van der Waals surface area (Å²) < 4.78 is 16.7. The van der Waals surface area contributed by atoms with Gasteiger partial charge in [-0.2, -0.15) is 0 Å². The van der Waals surface area contributed by atoms with Crippen LogP contribution >= 0.6 is 0 Å². The van der Waals surface area contributed by atoms with Crippen molar-refractivity contribution in [3.05, 3.63) is 47.8 Å². The molecule has 0 spiro atoms. The van der Waals surface area contributed by atoms with Gasteiger partial charge in [-0.05, 0) is 49.3 Å². The fraction of sp³-hybridized carbons (Fsp3) is 0.462. The molecule has 2 aliphatic rings. The lowest BCUT2D eigenvalue weighted by molar-refractivity contribution is 0.355. The van der Waals surface area contributed by atoms with Crippen molar-refractivity contribution in [3.63, 3.8) is 0 Å². The van der Waals surface area contributed by atoms with Crippen LogP contribution in [0, 0.1) is 0 Å². The van der Waals surface area contributed by atoms with Gasteiger partial charge in [0.2, 0.25) is 0 Å². The topological polar surface area (TPSA) is 56.7 Å². The first-order chi connectivity index (χ1) is 15.6. The summed E-state index contributed by atoms with van der Waals surface area (Å²) >= 11 is 0. The average molecular weight is 434 g/mol. The third-order valence-electron chi connectivity index (χ3n) is 7.09. The molecule has 2 aromatic carbocycles. The summed E-state index contributed by atoms with van der Waals surface area (Å²) in [6.45, 7) is 4.14. The van der Waals surface area contributed by atoms with Gasteiger partial charge in [-0.3, -0.25) is 0 Å². The van der Waals surface area contributed by atoms with E-state index in [4.69, 9.17) is 24.2 Å². The molecule has 6 heteroatoms. The molecular weight excluding hydrogens is 402 g/mol. The molecule has 1 saturated carbocycles. The standard InChI is InChI=1S/C26H31N3O3/c1-26(11-12-26)25-27-20-16-23(32-4)22(31-3)15-19(20)24(28-25)29-13-9-17(10-14-29)18-7-5-6-8-21(18)30-2/h5-8,15-17H,9-14H2,1-4H3. The molecule has 1 aromatic heterocycles. The number of aromatic nitrogens is 2. The molecule has 0 atom stereocenters. The predicted octanol–water partition coefficient (Wildman–Crippen LogP) is 5.09. The summed E-state index contributed by atoms with van der Waals surface area (Å²) in [5.41, 5.74) is 2.31. The van der Waals surface area contributed by atoms with Crippen LogP contribution in [-0.2, 0) is 5.41 Å². The van der Waals surface area contributed by atoms with E-state index in [1.807, 2.05) is 18.2 Å². The van der Waals surface area contributed by atoms with E-state index in [0.717, 1.165) is 67.1 Å². The summed E-state index contributed by atoms with van der Waals surface area (Å²) in [5.74, 6) is 4.84. The largest absolute Gasteiger partial charge is 0.496 e. The Balaban J connectivity index is 1.50. The monoisotopic (exact) mass is 433 g/mol. The van der Waals surface area contributed by atoms with Crippen LogP contribution in [0.25, 0.3) is 10.9 Å². The number of hydrogen-bond acceptors (Lipinski definition) is 6. The molecule has 6 nitrogen and oxygen atoms in total. The summed E-state index contributed by atoms with van der Waals surface area (Å²) in [6.07, 6.45) is 4.40. The number of rotatable bonds is 6. The number of fused-ring (bicyclic) bond motifs is 1. The van der Waals surface area contributed by atoms with E-state index in [0.29, 0.717) is 17.4 Å². The first-order valence-corrected chi connectivity index (χ1v) is 11.4. The number of hydrogen-bond donors (Lipinski definition) is 0. The molecule has 1 aliphatic carbocycles. The van der Waals surface area contributed by atoms with Crippen LogP contribution in [0.5, 0.6) is 17.2 Å². The Morgan fingerprint density at radius 3 is 2.19 bits per heavy atom. The molecule has 1 aliphatic heterocycles. The Morgan fingerprint density at radius 2 is 1.53 bits per heavy atom. The van der Waals surface area contributed by atoms with Gasteiger partial charge in [0.05, 0.1) is 26.8 Å². The number of para-hydroxylation sites is 1. The molecule has 0 amide bonds. The van der Waals surface area contributed by atoms with E-state index in [2.05, 4.69) is 30.0 Å². The third kappa shape index (κ3) is 3.61. The van der Waals surface area contributed by atoms with Crippen LogP contribution in [0.3, 0.4) is 0 Å². The van der Waals surface area contributed by atoms with Crippen molar-refractivity contribution in [2.24, 2.45) is 0 Å². The number of methoxy groups -OCH3 is 3. The van der Waals surface area contributed by atoms with Crippen molar-refractivity contribution >= 4 is 16.7 Å². The van der Waals surface area contributed by atoms with Crippen molar-refractivity contribution in [1.29, 1.82) is 0 Å². The van der Waals surface area contributed by atoms with Gasteiger partial charge in [0.15, 0.2) is 11.5 Å². The number of benzene rings is 2. The second kappa shape index (κ2) is 8.15. The minimum absolute atomic E-state index is 0.0891. The first-order valence-electron chi connectivity index (χ1n) is 11.4. The Hall–Kier alpha value is -3.02. The van der Waals surface area contributed by atoms with Gasteiger partial charge in [-0.15, -0.1) is 0 Å². The quantitative estimate of drug-likeness (QED) is 0.540. The molecule has 1 saturated heterocycles. The van der Waals surface area contributed by atoms with Crippen LogP contribution in [0.4, 0.5) is 5.82 Å². The Kier molecular flexibility index (Phi) is 5.31. The number of ether oxygens (including phenoxy) is 3.